The van der Waals surface area contributed by atoms with Gasteiger partial charge in [-0.1, -0.05) is 6.07 Å². The molecule has 148 valence electrons. The third-order valence-electron chi connectivity index (χ3n) is 3.88. The third-order valence-corrected chi connectivity index (χ3v) is 4.82. The van der Waals surface area contributed by atoms with Crippen molar-refractivity contribution in [3.8, 4) is 0 Å². The normalized spacial score (nSPS) is 19.0. The second kappa shape index (κ2) is 9.40. The molecule has 0 aromatic carbocycles. The van der Waals surface area contributed by atoms with E-state index in [2.05, 4.69) is 0 Å². The molecular formula is C18H23NO7S. The minimum Gasteiger partial charge on any atom is -0.498 e. The van der Waals surface area contributed by atoms with Crippen LogP contribution < -0.4 is 0 Å². The Morgan fingerprint density at radius 1 is 1.07 bits per heavy atom. The van der Waals surface area contributed by atoms with Crippen LogP contribution in [0.25, 0.3) is 0 Å². The number of hydrogen-bond donors (Lipinski definition) is 0. The summed E-state index contributed by atoms with van der Waals surface area (Å²) in [5.74, 6) is -2.34. The average molecular weight is 397 g/mol. The van der Waals surface area contributed by atoms with Crippen LogP contribution in [0.15, 0.2) is 29.0 Å². The summed E-state index contributed by atoms with van der Waals surface area (Å²) in [4.78, 5) is 39.9. The van der Waals surface area contributed by atoms with E-state index < -0.39 is 30.0 Å². The second-order valence-corrected chi connectivity index (χ2v) is 6.38. The highest BCUT2D eigenvalue weighted by Crippen LogP contribution is 2.46. The molecule has 27 heavy (non-hydrogen) atoms. The van der Waals surface area contributed by atoms with Crippen LogP contribution in [0.4, 0.5) is 4.79 Å². The minimum atomic E-state index is -1.00. The van der Waals surface area contributed by atoms with Crippen molar-refractivity contribution < 1.29 is 33.3 Å². The number of amides is 1. The monoisotopic (exact) mass is 397 g/mol. The van der Waals surface area contributed by atoms with Crippen LogP contribution in [-0.4, -0.2) is 49.9 Å². The zero-order valence-electron chi connectivity index (χ0n) is 15.7. The summed E-state index contributed by atoms with van der Waals surface area (Å²) < 4.78 is 20.8. The van der Waals surface area contributed by atoms with Gasteiger partial charge >= 0.3 is 18.0 Å². The fourth-order valence-electron chi connectivity index (χ4n) is 2.94. The van der Waals surface area contributed by atoms with Gasteiger partial charge in [0.25, 0.3) is 0 Å². The lowest BCUT2D eigenvalue weighted by atomic mass is 9.98. The van der Waals surface area contributed by atoms with Crippen molar-refractivity contribution in [1.29, 1.82) is 0 Å². The summed E-state index contributed by atoms with van der Waals surface area (Å²) in [5.41, 5.74) is -0.144. The zero-order chi connectivity index (χ0) is 20.0. The molecule has 0 spiro atoms. The Bertz CT molecular complexity index is 713. The number of thiophene rings is 1. The Morgan fingerprint density at radius 3 is 2.26 bits per heavy atom. The molecule has 0 fully saturated rings. The number of esters is 2. The maximum atomic E-state index is 12.7. The molecule has 0 bridgehead atoms. The Hall–Kier alpha value is -2.55. The van der Waals surface area contributed by atoms with Gasteiger partial charge in [-0.2, -0.15) is 0 Å². The van der Waals surface area contributed by atoms with Crippen LogP contribution in [0.1, 0.15) is 31.7 Å². The van der Waals surface area contributed by atoms with E-state index in [0.29, 0.717) is 4.88 Å². The molecule has 0 saturated heterocycles. The number of hydrogen-bond acceptors (Lipinski definition) is 8. The second-order valence-electron chi connectivity index (χ2n) is 5.40. The molecule has 8 nitrogen and oxygen atoms in total. The zero-order valence-corrected chi connectivity index (χ0v) is 16.5. The van der Waals surface area contributed by atoms with Gasteiger partial charge in [-0.25, -0.2) is 9.59 Å². The lowest BCUT2D eigenvalue weighted by Gasteiger charge is -2.27. The van der Waals surface area contributed by atoms with E-state index in [1.54, 1.807) is 32.9 Å². The van der Waals surface area contributed by atoms with Crippen molar-refractivity contribution in [1.82, 2.24) is 4.90 Å². The van der Waals surface area contributed by atoms with Crippen molar-refractivity contribution >= 4 is 29.4 Å². The van der Waals surface area contributed by atoms with Gasteiger partial charge in [0.1, 0.15) is 11.7 Å². The van der Waals surface area contributed by atoms with Gasteiger partial charge in [0.2, 0.25) is 0 Å². The molecule has 0 radical (unpaired) electrons. The van der Waals surface area contributed by atoms with Crippen LogP contribution >= 0.6 is 11.3 Å². The Morgan fingerprint density at radius 2 is 1.74 bits per heavy atom. The van der Waals surface area contributed by atoms with Crippen LogP contribution in [-0.2, 0) is 28.5 Å². The summed E-state index contributed by atoms with van der Waals surface area (Å²) in [6.07, 6.45) is -0.764. The smallest absolute Gasteiger partial charge is 0.415 e. The summed E-state index contributed by atoms with van der Waals surface area (Å²) in [6, 6.07) is 2.74. The van der Waals surface area contributed by atoms with Gasteiger partial charge in [0, 0.05) is 4.88 Å². The summed E-state index contributed by atoms with van der Waals surface area (Å²) in [5, 5.41) is 1.82. The van der Waals surface area contributed by atoms with Crippen LogP contribution in [0.5, 0.6) is 0 Å². The molecule has 1 aliphatic heterocycles. The molecule has 2 heterocycles. The maximum absolute atomic E-state index is 12.7. The van der Waals surface area contributed by atoms with Crippen molar-refractivity contribution in [2.45, 2.75) is 26.8 Å². The Kier molecular flexibility index (Phi) is 7.23. The van der Waals surface area contributed by atoms with E-state index >= 15 is 0 Å². The molecule has 2 unspecified atom stereocenters. The molecule has 1 amide bonds. The number of carbonyl (C=O) groups excluding carboxylic acids is 3. The molecule has 1 aliphatic rings. The Labute approximate surface area is 161 Å². The molecule has 0 saturated carbocycles. The first-order chi connectivity index (χ1) is 13.0. The third kappa shape index (κ3) is 4.08. The number of ether oxygens (including phenoxy) is 4. The van der Waals surface area contributed by atoms with Gasteiger partial charge in [0.15, 0.2) is 5.70 Å². The first-order valence-electron chi connectivity index (χ1n) is 8.62. The molecule has 0 aliphatic carbocycles. The predicted molar refractivity (Wildman–Crippen MR) is 96.7 cm³/mol. The number of carbonyl (C=O) groups is 3. The molecular weight excluding hydrogens is 374 g/mol. The first-order valence-corrected chi connectivity index (χ1v) is 9.50. The van der Waals surface area contributed by atoms with Crippen LogP contribution in [0.2, 0.25) is 0 Å². The van der Waals surface area contributed by atoms with Gasteiger partial charge < -0.3 is 18.9 Å². The molecule has 0 N–H and O–H groups in total. The maximum Gasteiger partial charge on any atom is 0.415 e. The summed E-state index contributed by atoms with van der Waals surface area (Å²) in [6.45, 7) is 5.34. The van der Waals surface area contributed by atoms with Crippen molar-refractivity contribution in [2.75, 3.05) is 26.9 Å². The lowest BCUT2D eigenvalue weighted by Crippen LogP contribution is -2.37. The predicted octanol–water partition coefficient (Wildman–Crippen LogP) is 2.86. The van der Waals surface area contributed by atoms with E-state index in [1.165, 1.54) is 18.4 Å². The van der Waals surface area contributed by atoms with Crippen molar-refractivity contribution in [3.05, 3.63) is 33.8 Å². The summed E-state index contributed by atoms with van der Waals surface area (Å²) in [7, 11) is 1.33. The highest BCUT2D eigenvalue weighted by molar-refractivity contribution is 7.10. The fourth-order valence-corrected chi connectivity index (χ4v) is 3.79. The number of methoxy groups -OCH3 is 1. The molecule has 1 aromatic rings. The molecule has 9 heteroatoms. The van der Waals surface area contributed by atoms with E-state index in [4.69, 9.17) is 18.9 Å². The fraction of sp³-hybridized carbons (Fsp3) is 0.500. The minimum absolute atomic E-state index is 0.0263. The molecule has 2 rings (SSSR count). The Balaban J connectivity index is 2.65. The summed E-state index contributed by atoms with van der Waals surface area (Å²) >= 11 is 1.35. The lowest BCUT2D eigenvalue weighted by molar-refractivity contribution is -0.149. The topological polar surface area (TPSA) is 91.4 Å². The van der Waals surface area contributed by atoms with Crippen molar-refractivity contribution in [3.63, 3.8) is 0 Å². The molecule has 1 aromatic heterocycles. The largest absolute Gasteiger partial charge is 0.498 e. The van der Waals surface area contributed by atoms with E-state index in [0.717, 1.165) is 4.90 Å². The van der Waals surface area contributed by atoms with Crippen LogP contribution in [0.3, 0.4) is 0 Å². The van der Waals surface area contributed by atoms with Gasteiger partial charge in [-0.3, -0.25) is 9.69 Å². The highest BCUT2D eigenvalue weighted by atomic mass is 32.1. The SMILES string of the molecule is CCOC(=O)C1=C(OC)C(C(=O)OCC)C(c2cccs2)N1C(=O)OCC. The van der Waals surface area contributed by atoms with E-state index in [-0.39, 0.29) is 31.3 Å². The quantitative estimate of drug-likeness (QED) is 0.516. The van der Waals surface area contributed by atoms with E-state index in [9.17, 15) is 14.4 Å². The van der Waals surface area contributed by atoms with Gasteiger partial charge in [-0.05, 0) is 32.2 Å². The van der Waals surface area contributed by atoms with E-state index in [1.807, 2.05) is 5.38 Å². The number of nitrogens with zero attached hydrogens (tertiary/aromatic N) is 1. The average Bonchev–Trinajstić information content (AvgIpc) is 3.27. The molecule has 2 atom stereocenters. The number of rotatable bonds is 7. The standard InChI is InChI=1S/C18H23NO7S/c1-5-24-16(20)12-13(11-9-8-10-27-11)19(18(22)26-7-3)14(15(12)23-4)17(21)25-6-2/h8-10,12-13H,5-7H2,1-4H3. The van der Waals surface area contributed by atoms with Crippen LogP contribution in [0, 0.1) is 5.92 Å². The van der Waals surface area contributed by atoms with Gasteiger partial charge in [0.05, 0.1) is 33.0 Å². The van der Waals surface area contributed by atoms with Crippen molar-refractivity contribution in [2.24, 2.45) is 5.92 Å². The highest BCUT2D eigenvalue weighted by Gasteiger charge is 2.53. The first kappa shape index (κ1) is 20.8. The van der Waals surface area contributed by atoms with Gasteiger partial charge in [-0.15, -0.1) is 11.3 Å².